The molecule has 0 aliphatic carbocycles. The summed E-state index contributed by atoms with van der Waals surface area (Å²) < 4.78 is 11.3. The number of rotatable bonds is 7. The van der Waals surface area contributed by atoms with Crippen LogP contribution >= 0.6 is 0 Å². The van der Waals surface area contributed by atoms with E-state index in [9.17, 15) is 14.3 Å². The Bertz CT molecular complexity index is 481. The van der Waals surface area contributed by atoms with E-state index in [0.717, 1.165) is 0 Å². The smallest absolute Gasteiger partial charge is 0.311 e. The number of nitro groups is 1. The largest absolute Gasteiger partial charge is 0.370 e. The second-order valence-corrected chi connectivity index (χ2v) is 5.84. The van der Waals surface area contributed by atoms with E-state index in [1.807, 2.05) is 13.8 Å². The maximum Gasteiger partial charge on any atom is 0.311 e. The lowest BCUT2D eigenvalue weighted by Crippen LogP contribution is -2.21. The third kappa shape index (κ3) is 4.47. The standard InChI is InChI=1S/C11H18N4O3S/c1-4-12-10-6-5-9(15(16)17)11(14-10)13-7-8(2)19(3)18/h5-6,8H,4,7H2,1-3H3,(H2,12,13,14). The maximum atomic E-state index is 11.3. The molecular weight excluding hydrogens is 268 g/mol. The first-order valence-corrected chi connectivity index (χ1v) is 7.53. The molecule has 19 heavy (non-hydrogen) atoms. The van der Waals surface area contributed by atoms with E-state index in [1.165, 1.54) is 6.07 Å². The fraction of sp³-hybridized carbons (Fsp3) is 0.545. The molecule has 0 saturated heterocycles. The molecule has 1 heterocycles. The predicted octanol–water partition coefficient (Wildman–Crippen LogP) is 1.60. The summed E-state index contributed by atoms with van der Waals surface area (Å²) in [5, 5.41) is 16.7. The van der Waals surface area contributed by atoms with Crippen LogP contribution in [0.1, 0.15) is 13.8 Å². The highest BCUT2D eigenvalue weighted by Gasteiger charge is 2.17. The summed E-state index contributed by atoms with van der Waals surface area (Å²) in [6, 6.07) is 2.97. The number of anilines is 2. The first-order valence-electron chi connectivity index (χ1n) is 5.91. The Kier molecular flexibility index (Phi) is 5.68. The minimum atomic E-state index is -0.986. The number of pyridine rings is 1. The van der Waals surface area contributed by atoms with Crippen LogP contribution in [0.15, 0.2) is 12.1 Å². The van der Waals surface area contributed by atoms with E-state index >= 15 is 0 Å². The summed E-state index contributed by atoms with van der Waals surface area (Å²) in [5.74, 6) is 0.765. The molecule has 0 amide bonds. The van der Waals surface area contributed by atoms with Gasteiger partial charge in [0.05, 0.1) is 4.92 Å². The monoisotopic (exact) mass is 286 g/mol. The Morgan fingerprint density at radius 1 is 1.47 bits per heavy atom. The summed E-state index contributed by atoms with van der Waals surface area (Å²) >= 11 is 0. The highest BCUT2D eigenvalue weighted by Crippen LogP contribution is 2.23. The first kappa shape index (κ1) is 15.4. The van der Waals surface area contributed by atoms with Crippen molar-refractivity contribution in [3.8, 4) is 0 Å². The van der Waals surface area contributed by atoms with Crippen molar-refractivity contribution in [1.82, 2.24) is 4.98 Å². The number of nitrogens with zero attached hydrogens (tertiary/aromatic N) is 2. The molecule has 2 unspecified atom stereocenters. The van der Waals surface area contributed by atoms with Gasteiger partial charge in [-0.05, 0) is 19.9 Å². The molecule has 0 fully saturated rings. The molecule has 2 atom stereocenters. The number of nitrogens with one attached hydrogen (secondary N) is 2. The average molecular weight is 286 g/mol. The summed E-state index contributed by atoms with van der Waals surface area (Å²) in [6.45, 7) is 4.77. The summed E-state index contributed by atoms with van der Waals surface area (Å²) in [4.78, 5) is 14.6. The van der Waals surface area contributed by atoms with Crippen LogP contribution in [0.2, 0.25) is 0 Å². The Hall–Kier alpha value is -1.70. The van der Waals surface area contributed by atoms with Crippen molar-refractivity contribution in [1.29, 1.82) is 0 Å². The lowest BCUT2D eigenvalue weighted by atomic mass is 10.3. The number of hydrogen-bond donors (Lipinski definition) is 2. The van der Waals surface area contributed by atoms with Crippen LogP contribution in [0.4, 0.5) is 17.3 Å². The zero-order chi connectivity index (χ0) is 14.4. The van der Waals surface area contributed by atoms with Crippen molar-refractivity contribution in [2.75, 3.05) is 30.0 Å². The average Bonchev–Trinajstić information content (AvgIpc) is 2.36. The molecule has 0 aliphatic heterocycles. The van der Waals surface area contributed by atoms with Crippen LogP contribution in [0.5, 0.6) is 0 Å². The van der Waals surface area contributed by atoms with Crippen molar-refractivity contribution < 1.29 is 9.13 Å². The van der Waals surface area contributed by atoms with Gasteiger partial charge in [0.25, 0.3) is 0 Å². The van der Waals surface area contributed by atoms with E-state index in [-0.39, 0.29) is 16.8 Å². The van der Waals surface area contributed by atoms with Crippen LogP contribution in [0.3, 0.4) is 0 Å². The molecule has 0 bridgehead atoms. The van der Waals surface area contributed by atoms with Gasteiger partial charge in [0, 0.05) is 41.5 Å². The van der Waals surface area contributed by atoms with E-state index in [4.69, 9.17) is 0 Å². The highest BCUT2D eigenvalue weighted by molar-refractivity contribution is 7.84. The molecular formula is C11H18N4O3S. The zero-order valence-corrected chi connectivity index (χ0v) is 12.0. The van der Waals surface area contributed by atoms with E-state index in [0.29, 0.717) is 18.9 Å². The van der Waals surface area contributed by atoms with E-state index < -0.39 is 15.7 Å². The molecule has 0 spiro atoms. The Balaban J connectivity index is 2.91. The van der Waals surface area contributed by atoms with Crippen molar-refractivity contribution in [2.45, 2.75) is 19.1 Å². The quantitative estimate of drug-likeness (QED) is 0.583. The first-order chi connectivity index (χ1) is 8.95. The van der Waals surface area contributed by atoms with Gasteiger partial charge in [0.2, 0.25) is 5.82 Å². The molecule has 106 valence electrons. The molecule has 0 aromatic carbocycles. The van der Waals surface area contributed by atoms with Crippen LogP contribution < -0.4 is 10.6 Å². The van der Waals surface area contributed by atoms with Crippen LogP contribution in [-0.4, -0.2) is 38.7 Å². The van der Waals surface area contributed by atoms with Crippen molar-refractivity contribution in [2.24, 2.45) is 0 Å². The highest BCUT2D eigenvalue weighted by atomic mass is 32.2. The molecule has 8 heteroatoms. The van der Waals surface area contributed by atoms with Crippen molar-refractivity contribution in [3.05, 3.63) is 22.2 Å². The molecule has 0 saturated carbocycles. The third-order valence-electron chi connectivity index (χ3n) is 2.55. The van der Waals surface area contributed by atoms with Gasteiger partial charge >= 0.3 is 5.69 Å². The van der Waals surface area contributed by atoms with Crippen LogP contribution in [-0.2, 0) is 10.8 Å². The maximum absolute atomic E-state index is 11.3. The van der Waals surface area contributed by atoms with Crippen molar-refractivity contribution >= 4 is 28.1 Å². The fourth-order valence-corrected chi connectivity index (χ4v) is 1.68. The lowest BCUT2D eigenvalue weighted by Gasteiger charge is -2.11. The van der Waals surface area contributed by atoms with Crippen LogP contribution in [0.25, 0.3) is 0 Å². The number of hydrogen-bond acceptors (Lipinski definition) is 6. The van der Waals surface area contributed by atoms with Gasteiger partial charge in [-0.1, -0.05) is 0 Å². The number of aromatic nitrogens is 1. The molecule has 7 nitrogen and oxygen atoms in total. The lowest BCUT2D eigenvalue weighted by molar-refractivity contribution is -0.384. The van der Waals surface area contributed by atoms with Gasteiger partial charge < -0.3 is 10.6 Å². The molecule has 0 radical (unpaired) electrons. The second kappa shape index (κ2) is 7.03. The molecule has 1 rings (SSSR count). The molecule has 2 N–H and O–H groups in total. The van der Waals surface area contributed by atoms with Gasteiger partial charge in [0.1, 0.15) is 5.82 Å². The minimum absolute atomic E-state index is 0.0873. The SMILES string of the molecule is CCNc1ccc([N+](=O)[O-])c(NCC(C)S(C)=O)n1. The minimum Gasteiger partial charge on any atom is -0.370 e. The summed E-state index contributed by atoms with van der Waals surface area (Å²) in [6.07, 6.45) is 1.60. The van der Waals surface area contributed by atoms with Gasteiger partial charge in [-0.25, -0.2) is 4.98 Å². The van der Waals surface area contributed by atoms with Gasteiger partial charge in [0.15, 0.2) is 0 Å². The second-order valence-electron chi connectivity index (χ2n) is 4.04. The normalized spacial score (nSPS) is 13.6. The van der Waals surface area contributed by atoms with Gasteiger partial charge in [-0.15, -0.1) is 0 Å². The Labute approximate surface area is 114 Å². The molecule has 0 aliphatic rings. The van der Waals surface area contributed by atoms with Crippen LogP contribution in [0, 0.1) is 10.1 Å². The Morgan fingerprint density at radius 2 is 2.16 bits per heavy atom. The Morgan fingerprint density at radius 3 is 2.68 bits per heavy atom. The van der Waals surface area contributed by atoms with E-state index in [1.54, 1.807) is 12.3 Å². The van der Waals surface area contributed by atoms with Gasteiger partial charge in [-0.2, -0.15) is 0 Å². The molecule has 1 aromatic rings. The van der Waals surface area contributed by atoms with Crippen molar-refractivity contribution in [3.63, 3.8) is 0 Å². The summed E-state index contributed by atoms with van der Waals surface area (Å²) in [5.41, 5.74) is -0.0873. The topological polar surface area (TPSA) is 97.2 Å². The van der Waals surface area contributed by atoms with E-state index in [2.05, 4.69) is 15.6 Å². The predicted molar refractivity (Wildman–Crippen MR) is 77.1 cm³/mol. The fourth-order valence-electron chi connectivity index (χ4n) is 1.37. The molecule has 1 aromatic heterocycles. The zero-order valence-electron chi connectivity index (χ0n) is 11.2. The third-order valence-corrected chi connectivity index (χ3v) is 3.85. The summed E-state index contributed by atoms with van der Waals surface area (Å²) in [7, 11) is -0.986. The van der Waals surface area contributed by atoms with Gasteiger partial charge in [-0.3, -0.25) is 14.3 Å².